The van der Waals surface area contributed by atoms with Gasteiger partial charge in [0.1, 0.15) is 5.60 Å². The molecular weight excluding hydrogens is 485 g/mol. The summed E-state index contributed by atoms with van der Waals surface area (Å²) in [6.45, 7) is 5.48. The van der Waals surface area contributed by atoms with Gasteiger partial charge in [0.2, 0.25) is 5.91 Å². The molecule has 0 saturated heterocycles. The molecular formula is C21H24IN3O4. The molecule has 8 heteroatoms. The number of ether oxygens (including phenoxy) is 1. The van der Waals surface area contributed by atoms with Crippen molar-refractivity contribution in [2.75, 3.05) is 17.2 Å². The number of hydrogen-bond donors (Lipinski definition) is 3. The summed E-state index contributed by atoms with van der Waals surface area (Å²) in [4.78, 5) is 35.9. The van der Waals surface area contributed by atoms with E-state index in [-0.39, 0.29) is 24.8 Å². The van der Waals surface area contributed by atoms with Gasteiger partial charge in [-0.3, -0.25) is 9.59 Å². The summed E-state index contributed by atoms with van der Waals surface area (Å²) in [6, 6.07) is 14.1. The number of alkyl carbamates (subject to hydrolysis) is 1. The number of hydrogen-bond acceptors (Lipinski definition) is 4. The fraction of sp³-hybridized carbons (Fsp3) is 0.286. The molecule has 0 spiro atoms. The van der Waals surface area contributed by atoms with E-state index in [1.165, 1.54) is 0 Å². The zero-order chi connectivity index (χ0) is 21.4. The topological polar surface area (TPSA) is 96.5 Å². The van der Waals surface area contributed by atoms with Crippen LogP contribution in [0, 0.1) is 3.57 Å². The van der Waals surface area contributed by atoms with Gasteiger partial charge in [0, 0.05) is 27.9 Å². The van der Waals surface area contributed by atoms with Gasteiger partial charge in [0.25, 0.3) is 5.91 Å². The largest absolute Gasteiger partial charge is 0.444 e. The minimum absolute atomic E-state index is 0.115. The molecule has 7 nitrogen and oxygen atoms in total. The van der Waals surface area contributed by atoms with Crippen molar-refractivity contribution in [3.63, 3.8) is 0 Å². The smallest absolute Gasteiger partial charge is 0.407 e. The molecule has 0 fully saturated rings. The normalized spacial score (nSPS) is 10.8. The number of nitrogens with one attached hydrogen (secondary N) is 3. The van der Waals surface area contributed by atoms with Gasteiger partial charge in [0.05, 0.1) is 5.56 Å². The molecule has 29 heavy (non-hydrogen) atoms. The Bertz CT molecular complexity index is 876. The lowest BCUT2D eigenvalue weighted by Crippen LogP contribution is -2.34. The van der Waals surface area contributed by atoms with E-state index in [0.717, 1.165) is 3.57 Å². The highest BCUT2D eigenvalue weighted by Crippen LogP contribution is 2.17. The summed E-state index contributed by atoms with van der Waals surface area (Å²) in [5.74, 6) is -0.434. The van der Waals surface area contributed by atoms with Crippen molar-refractivity contribution in [3.8, 4) is 0 Å². The fourth-order valence-electron chi connectivity index (χ4n) is 2.30. The highest BCUT2D eigenvalue weighted by atomic mass is 127. The minimum Gasteiger partial charge on any atom is -0.444 e. The SMILES string of the molecule is CC(C)(C)OC(=O)NCCC(=O)Nc1ccc(NC(=O)c2ccccc2I)cc1. The molecule has 0 aliphatic rings. The summed E-state index contributed by atoms with van der Waals surface area (Å²) >= 11 is 2.12. The van der Waals surface area contributed by atoms with Crippen molar-refractivity contribution in [2.45, 2.75) is 32.8 Å². The standard InChI is InChI=1S/C21H24IN3O4/c1-21(2,3)29-20(28)23-13-12-18(26)24-14-8-10-15(11-9-14)25-19(27)16-6-4-5-7-17(16)22/h4-11H,12-13H2,1-3H3,(H,23,28)(H,24,26)(H,25,27). The van der Waals surface area contributed by atoms with Crippen LogP contribution in [0.15, 0.2) is 48.5 Å². The Labute approximate surface area is 183 Å². The minimum atomic E-state index is -0.581. The maximum absolute atomic E-state index is 12.3. The van der Waals surface area contributed by atoms with Crippen LogP contribution in [0.5, 0.6) is 0 Å². The van der Waals surface area contributed by atoms with Crippen molar-refractivity contribution in [1.82, 2.24) is 5.32 Å². The number of halogens is 1. The Morgan fingerprint density at radius 2 is 1.52 bits per heavy atom. The molecule has 2 aromatic carbocycles. The second kappa shape index (κ2) is 10.2. The van der Waals surface area contributed by atoms with Crippen LogP contribution in [0.2, 0.25) is 0 Å². The maximum atomic E-state index is 12.3. The van der Waals surface area contributed by atoms with Crippen molar-refractivity contribution >= 4 is 51.9 Å². The average molecular weight is 509 g/mol. The highest BCUT2D eigenvalue weighted by molar-refractivity contribution is 14.1. The zero-order valence-electron chi connectivity index (χ0n) is 16.5. The predicted molar refractivity (Wildman–Crippen MR) is 121 cm³/mol. The van der Waals surface area contributed by atoms with Crippen LogP contribution in [0.4, 0.5) is 16.2 Å². The molecule has 0 aromatic heterocycles. The summed E-state index contributed by atoms with van der Waals surface area (Å²) in [6.07, 6.45) is -0.442. The molecule has 0 atom stereocenters. The molecule has 0 radical (unpaired) electrons. The monoisotopic (exact) mass is 509 g/mol. The lowest BCUT2D eigenvalue weighted by atomic mass is 10.2. The molecule has 2 rings (SSSR count). The average Bonchev–Trinajstić information content (AvgIpc) is 2.62. The van der Waals surface area contributed by atoms with Crippen LogP contribution in [0.3, 0.4) is 0 Å². The highest BCUT2D eigenvalue weighted by Gasteiger charge is 2.16. The lowest BCUT2D eigenvalue weighted by Gasteiger charge is -2.19. The maximum Gasteiger partial charge on any atom is 0.407 e. The predicted octanol–water partition coefficient (Wildman–Crippen LogP) is 4.40. The van der Waals surface area contributed by atoms with Crippen LogP contribution in [-0.4, -0.2) is 30.1 Å². The molecule has 0 bridgehead atoms. The summed E-state index contributed by atoms with van der Waals surface area (Å²) in [7, 11) is 0. The Hall–Kier alpha value is -2.62. The number of carbonyl (C=O) groups is 3. The van der Waals surface area contributed by atoms with Crippen LogP contribution >= 0.6 is 22.6 Å². The van der Waals surface area contributed by atoms with Crippen LogP contribution < -0.4 is 16.0 Å². The summed E-state index contributed by atoms with van der Waals surface area (Å²) in [5.41, 5.74) is 1.24. The van der Waals surface area contributed by atoms with E-state index in [1.807, 2.05) is 18.2 Å². The Kier molecular flexibility index (Phi) is 8.00. The van der Waals surface area contributed by atoms with Gasteiger partial charge in [0.15, 0.2) is 0 Å². The van der Waals surface area contributed by atoms with Crippen LogP contribution in [0.1, 0.15) is 37.6 Å². The summed E-state index contributed by atoms with van der Waals surface area (Å²) < 4.78 is 5.97. The van der Waals surface area contributed by atoms with E-state index in [2.05, 4.69) is 38.5 Å². The zero-order valence-corrected chi connectivity index (χ0v) is 18.7. The molecule has 2 aromatic rings. The molecule has 0 aliphatic carbocycles. The van der Waals surface area contributed by atoms with Gasteiger partial charge in [-0.05, 0) is 79.8 Å². The molecule has 0 aliphatic heterocycles. The molecule has 154 valence electrons. The van der Waals surface area contributed by atoms with Crippen molar-refractivity contribution in [1.29, 1.82) is 0 Å². The third-order valence-corrected chi connectivity index (χ3v) is 4.51. The van der Waals surface area contributed by atoms with Gasteiger partial charge in [-0.15, -0.1) is 0 Å². The van der Waals surface area contributed by atoms with E-state index in [9.17, 15) is 14.4 Å². The Morgan fingerprint density at radius 1 is 0.931 bits per heavy atom. The third-order valence-electron chi connectivity index (χ3n) is 3.57. The van der Waals surface area contributed by atoms with E-state index in [4.69, 9.17) is 4.74 Å². The van der Waals surface area contributed by atoms with E-state index in [0.29, 0.717) is 16.9 Å². The number of benzene rings is 2. The molecule has 3 amide bonds. The number of amides is 3. The van der Waals surface area contributed by atoms with Gasteiger partial charge < -0.3 is 20.7 Å². The van der Waals surface area contributed by atoms with Crippen molar-refractivity contribution in [2.24, 2.45) is 0 Å². The van der Waals surface area contributed by atoms with Gasteiger partial charge in [-0.1, -0.05) is 12.1 Å². The van der Waals surface area contributed by atoms with E-state index < -0.39 is 11.7 Å². The third kappa shape index (κ3) is 8.10. The first-order valence-electron chi connectivity index (χ1n) is 9.07. The Balaban J connectivity index is 1.80. The fourth-order valence-corrected chi connectivity index (χ4v) is 2.93. The first-order chi connectivity index (χ1) is 13.6. The molecule has 0 unspecified atom stereocenters. The van der Waals surface area contributed by atoms with Crippen molar-refractivity contribution < 1.29 is 19.1 Å². The van der Waals surface area contributed by atoms with Crippen LogP contribution in [-0.2, 0) is 9.53 Å². The number of anilines is 2. The molecule has 0 saturated carbocycles. The van der Waals surface area contributed by atoms with E-state index >= 15 is 0 Å². The Morgan fingerprint density at radius 3 is 2.10 bits per heavy atom. The second-order valence-corrected chi connectivity index (χ2v) is 8.40. The number of rotatable bonds is 6. The first kappa shape index (κ1) is 22.7. The van der Waals surface area contributed by atoms with Crippen molar-refractivity contribution in [3.05, 3.63) is 57.7 Å². The summed E-state index contributed by atoms with van der Waals surface area (Å²) in [5, 5.41) is 8.10. The van der Waals surface area contributed by atoms with Gasteiger partial charge >= 0.3 is 6.09 Å². The van der Waals surface area contributed by atoms with Gasteiger partial charge in [-0.25, -0.2) is 4.79 Å². The quantitative estimate of drug-likeness (QED) is 0.504. The first-order valence-corrected chi connectivity index (χ1v) is 10.1. The van der Waals surface area contributed by atoms with E-state index in [1.54, 1.807) is 51.1 Å². The van der Waals surface area contributed by atoms with Gasteiger partial charge in [-0.2, -0.15) is 0 Å². The van der Waals surface area contributed by atoms with Crippen LogP contribution in [0.25, 0.3) is 0 Å². The molecule has 3 N–H and O–H groups in total. The molecule has 0 heterocycles. The lowest BCUT2D eigenvalue weighted by molar-refractivity contribution is -0.116. The number of carbonyl (C=O) groups excluding carboxylic acids is 3. The second-order valence-electron chi connectivity index (χ2n) is 7.24.